The number of carbonyl (C=O) groups excluding carboxylic acids is 1. The molecule has 2 aliphatic rings. The number of aromatic carboxylic acids is 1. The summed E-state index contributed by atoms with van der Waals surface area (Å²) in [6.07, 6.45) is 3.59. The molecule has 6 heteroatoms. The Bertz CT molecular complexity index is 959. The van der Waals surface area contributed by atoms with Crippen LogP contribution >= 0.6 is 0 Å². The molecule has 2 aromatic rings. The van der Waals surface area contributed by atoms with Gasteiger partial charge in [-0.1, -0.05) is 55.3 Å². The van der Waals surface area contributed by atoms with Gasteiger partial charge < -0.3 is 9.84 Å². The number of aliphatic imine (C=N–C) groups is 1. The lowest BCUT2D eigenvalue weighted by molar-refractivity contribution is -0.131. The van der Waals surface area contributed by atoms with Crippen LogP contribution in [0.3, 0.4) is 0 Å². The van der Waals surface area contributed by atoms with Crippen molar-refractivity contribution in [3.63, 3.8) is 0 Å². The second-order valence-electron chi connectivity index (χ2n) is 7.51. The van der Waals surface area contributed by atoms with Gasteiger partial charge in [-0.25, -0.2) is 9.79 Å². The molecule has 1 saturated carbocycles. The minimum absolute atomic E-state index is 0.0266. The first-order valence-electron chi connectivity index (χ1n) is 10.0. The molecule has 1 aliphatic heterocycles. The van der Waals surface area contributed by atoms with E-state index in [2.05, 4.69) is 4.99 Å². The van der Waals surface area contributed by atoms with Gasteiger partial charge in [0.25, 0.3) is 11.9 Å². The van der Waals surface area contributed by atoms with Gasteiger partial charge in [0.05, 0.1) is 18.7 Å². The van der Waals surface area contributed by atoms with Crippen LogP contribution < -0.4 is 0 Å². The van der Waals surface area contributed by atoms with Crippen molar-refractivity contribution in [1.29, 1.82) is 0 Å². The van der Waals surface area contributed by atoms with E-state index in [0.717, 1.165) is 36.8 Å². The number of amidine groups is 1. The third kappa shape index (κ3) is 3.50. The molecule has 29 heavy (non-hydrogen) atoms. The largest absolute Gasteiger partial charge is 0.478 e. The van der Waals surface area contributed by atoms with Crippen LogP contribution in [0, 0.1) is 0 Å². The molecule has 1 heterocycles. The van der Waals surface area contributed by atoms with Crippen LogP contribution in [0.25, 0.3) is 11.1 Å². The van der Waals surface area contributed by atoms with E-state index in [-0.39, 0.29) is 11.5 Å². The average molecular weight is 392 g/mol. The Kier molecular flexibility index (Phi) is 5.09. The van der Waals surface area contributed by atoms with Gasteiger partial charge in [-0.15, -0.1) is 0 Å². The van der Waals surface area contributed by atoms with Crippen molar-refractivity contribution in [2.45, 2.75) is 44.7 Å². The monoisotopic (exact) mass is 392 g/mol. The van der Waals surface area contributed by atoms with Crippen LogP contribution in [0.15, 0.2) is 53.5 Å². The first-order chi connectivity index (χ1) is 14.0. The number of carbonyl (C=O) groups is 2. The van der Waals surface area contributed by atoms with E-state index >= 15 is 0 Å². The fraction of sp³-hybridized carbons (Fsp3) is 0.348. The first-order valence-corrected chi connectivity index (χ1v) is 10.0. The molecule has 0 saturated heterocycles. The molecule has 0 aromatic heterocycles. The lowest BCUT2D eigenvalue weighted by atomic mass is 9.97. The Labute approximate surface area is 169 Å². The summed E-state index contributed by atoms with van der Waals surface area (Å²) in [5.74, 6) is -0.925. The molecule has 1 N–H and O–H groups in total. The highest BCUT2D eigenvalue weighted by molar-refractivity contribution is 6.05. The zero-order valence-electron chi connectivity index (χ0n) is 16.4. The number of carboxylic acid groups (broad SMARTS) is 1. The molecular formula is C23H24N2O4. The van der Waals surface area contributed by atoms with Crippen LogP contribution in [0.5, 0.6) is 0 Å². The third-order valence-corrected chi connectivity index (χ3v) is 5.65. The quantitative estimate of drug-likeness (QED) is 0.831. The lowest BCUT2D eigenvalue weighted by Crippen LogP contribution is -2.41. The average Bonchev–Trinajstić information content (AvgIpc) is 3.30. The number of ether oxygens (including phenoxy) is 1. The van der Waals surface area contributed by atoms with Gasteiger partial charge in [-0.2, -0.15) is 0 Å². The molecule has 1 spiro atoms. The smallest absolute Gasteiger partial charge is 0.336 e. The zero-order chi connectivity index (χ0) is 20.4. The highest BCUT2D eigenvalue weighted by Crippen LogP contribution is 2.39. The third-order valence-electron chi connectivity index (χ3n) is 5.65. The van der Waals surface area contributed by atoms with Crippen molar-refractivity contribution in [1.82, 2.24) is 4.90 Å². The summed E-state index contributed by atoms with van der Waals surface area (Å²) < 4.78 is 5.67. The minimum atomic E-state index is -0.952. The van der Waals surface area contributed by atoms with Crippen molar-refractivity contribution in [3.05, 3.63) is 59.7 Å². The standard InChI is InChI=1S/C23H24N2O4/c1-2-29-22-24-23(13-5-6-14-23)21(28)25(22)15-16-9-11-17(12-10-16)18-7-3-4-8-19(18)20(26)27/h3-4,7-12H,2,5-6,13-15H2,1H3,(H,26,27). The Morgan fingerprint density at radius 3 is 2.48 bits per heavy atom. The molecule has 150 valence electrons. The summed E-state index contributed by atoms with van der Waals surface area (Å²) in [6, 6.07) is 15.0. The van der Waals surface area contributed by atoms with E-state index in [4.69, 9.17) is 4.74 Å². The van der Waals surface area contributed by atoms with Crippen molar-refractivity contribution in [2.24, 2.45) is 4.99 Å². The SMILES string of the molecule is CCOC1=NC2(CCCC2)C(=O)N1Cc1ccc(-c2ccccc2C(=O)O)cc1. The van der Waals surface area contributed by atoms with Gasteiger partial charge in [0.15, 0.2) is 0 Å². The molecule has 1 aliphatic carbocycles. The fourth-order valence-corrected chi connectivity index (χ4v) is 4.19. The molecule has 1 amide bonds. The van der Waals surface area contributed by atoms with E-state index in [1.807, 2.05) is 37.3 Å². The Balaban J connectivity index is 1.57. The summed E-state index contributed by atoms with van der Waals surface area (Å²) in [4.78, 5) is 30.9. The fourth-order valence-electron chi connectivity index (χ4n) is 4.19. The molecule has 0 radical (unpaired) electrons. The van der Waals surface area contributed by atoms with Crippen LogP contribution in [0.4, 0.5) is 0 Å². The summed E-state index contributed by atoms with van der Waals surface area (Å²) in [6.45, 7) is 2.74. The Morgan fingerprint density at radius 1 is 1.14 bits per heavy atom. The number of benzene rings is 2. The minimum Gasteiger partial charge on any atom is -0.478 e. The van der Waals surface area contributed by atoms with E-state index < -0.39 is 11.5 Å². The zero-order valence-corrected chi connectivity index (χ0v) is 16.4. The predicted octanol–water partition coefficient (Wildman–Crippen LogP) is 4.10. The topological polar surface area (TPSA) is 79.2 Å². The van der Waals surface area contributed by atoms with Crippen LogP contribution in [-0.2, 0) is 16.1 Å². The van der Waals surface area contributed by atoms with Crippen molar-refractivity contribution in [2.75, 3.05) is 6.61 Å². The highest BCUT2D eigenvalue weighted by atomic mass is 16.5. The van der Waals surface area contributed by atoms with Gasteiger partial charge in [0.2, 0.25) is 0 Å². The van der Waals surface area contributed by atoms with Gasteiger partial charge in [-0.3, -0.25) is 9.69 Å². The second kappa shape index (κ2) is 7.70. The predicted molar refractivity (Wildman–Crippen MR) is 110 cm³/mol. The maximum atomic E-state index is 13.1. The van der Waals surface area contributed by atoms with Crippen LogP contribution in [0.1, 0.15) is 48.5 Å². The van der Waals surface area contributed by atoms with E-state index in [0.29, 0.717) is 24.7 Å². The Hall–Kier alpha value is -3.15. The maximum absolute atomic E-state index is 13.1. The first kappa shape index (κ1) is 19.2. The number of hydrogen-bond donors (Lipinski definition) is 1. The van der Waals surface area contributed by atoms with E-state index in [1.54, 1.807) is 23.1 Å². The van der Waals surface area contributed by atoms with E-state index in [9.17, 15) is 14.7 Å². The summed E-state index contributed by atoms with van der Waals surface area (Å²) >= 11 is 0. The van der Waals surface area contributed by atoms with Crippen LogP contribution in [0.2, 0.25) is 0 Å². The number of amides is 1. The van der Waals surface area contributed by atoms with Gasteiger partial charge in [0.1, 0.15) is 5.54 Å². The Morgan fingerprint density at radius 2 is 1.83 bits per heavy atom. The maximum Gasteiger partial charge on any atom is 0.336 e. The molecule has 6 nitrogen and oxygen atoms in total. The highest BCUT2D eigenvalue weighted by Gasteiger charge is 2.50. The molecule has 0 atom stereocenters. The molecular weight excluding hydrogens is 368 g/mol. The molecule has 0 bridgehead atoms. The normalized spacial score (nSPS) is 17.6. The molecule has 1 fully saturated rings. The second-order valence-corrected chi connectivity index (χ2v) is 7.51. The summed E-state index contributed by atoms with van der Waals surface area (Å²) in [5, 5.41) is 9.41. The van der Waals surface area contributed by atoms with Crippen molar-refractivity contribution < 1.29 is 19.4 Å². The number of hydrogen-bond acceptors (Lipinski definition) is 4. The molecule has 2 aromatic carbocycles. The van der Waals surface area contributed by atoms with E-state index in [1.165, 1.54) is 0 Å². The number of rotatable bonds is 5. The summed E-state index contributed by atoms with van der Waals surface area (Å²) in [7, 11) is 0. The van der Waals surface area contributed by atoms with Gasteiger partial charge in [0, 0.05) is 0 Å². The number of carboxylic acids is 1. The van der Waals surface area contributed by atoms with Crippen LogP contribution in [-0.4, -0.2) is 40.1 Å². The van der Waals surface area contributed by atoms with Gasteiger partial charge >= 0.3 is 5.97 Å². The molecule has 0 unspecified atom stereocenters. The summed E-state index contributed by atoms with van der Waals surface area (Å²) in [5.41, 5.74) is 2.07. The van der Waals surface area contributed by atoms with Crippen molar-refractivity contribution >= 4 is 17.9 Å². The van der Waals surface area contributed by atoms with Crippen molar-refractivity contribution in [3.8, 4) is 11.1 Å². The molecule has 4 rings (SSSR count). The number of nitrogens with zero attached hydrogens (tertiary/aromatic N) is 2. The lowest BCUT2D eigenvalue weighted by Gasteiger charge is -2.22. The van der Waals surface area contributed by atoms with Gasteiger partial charge in [-0.05, 0) is 42.5 Å².